The highest BCUT2D eigenvalue weighted by Gasteiger charge is 2.14. The summed E-state index contributed by atoms with van der Waals surface area (Å²) in [4.78, 5) is 26.8. The Kier molecular flexibility index (Phi) is 6.45. The van der Waals surface area contributed by atoms with E-state index in [1.165, 1.54) is 0 Å². The summed E-state index contributed by atoms with van der Waals surface area (Å²) in [5.41, 5.74) is 2.94. The highest BCUT2D eigenvalue weighted by Crippen LogP contribution is 2.12. The number of benzene rings is 3. The molecule has 0 saturated carbocycles. The Morgan fingerprint density at radius 3 is 2.25 bits per heavy atom. The molecule has 0 heterocycles. The maximum absolute atomic E-state index is 12.7. The van der Waals surface area contributed by atoms with Gasteiger partial charge in [-0.25, -0.2) is 0 Å². The van der Waals surface area contributed by atoms with Crippen LogP contribution >= 0.6 is 11.6 Å². The van der Waals surface area contributed by atoms with Gasteiger partial charge in [0.05, 0.1) is 0 Å². The summed E-state index contributed by atoms with van der Waals surface area (Å²) in [6.07, 6.45) is 0. The van der Waals surface area contributed by atoms with Crippen LogP contribution in [0.2, 0.25) is 5.02 Å². The number of rotatable bonds is 6. The summed E-state index contributed by atoms with van der Waals surface area (Å²) in [6.45, 7) is 0.898. The topological polar surface area (TPSA) is 49.4 Å². The second-order valence-corrected chi connectivity index (χ2v) is 6.97. The normalized spacial score (nSPS) is 10.4. The molecule has 0 aliphatic rings. The molecular formula is C23H21ClN2O2. The fourth-order valence-corrected chi connectivity index (χ4v) is 2.96. The van der Waals surface area contributed by atoms with Gasteiger partial charge in [0.25, 0.3) is 11.8 Å². The van der Waals surface area contributed by atoms with E-state index >= 15 is 0 Å². The average molecular weight is 393 g/mol. The number of carbonyl (C=O) groups is 2. The molecule has 5 heteroatoms. The Hall–Kier alpha value is -3.11. The molecule has 0 saturated heterocycles. The largest absolute Gasteiger partial charge is 0.348 e. The van der Waals surface area contributed by atoms with E-state index in [4.69, 9.17) is 11.6 Å². The van der Waals surface area contributed by atoms with Crippen molar-refractivity contribution >= 4 is 23.4 Å². The van der Waals surface area contributed by atoms with Crippen LogP contribution < -0.4 is 5.32 Å². The third kappa shape index (κ3) is 5.21. The van der Waals surface area contributed by atoms with Gasteiger partial charge in [0, 0.05) is 36.3 Å². The Balaban J connectivity index is 1.64. The van der Waals surface area contributed by atoms with Crippen LogP contribution in [0.15, 0.2) is 78.9 Å². The summed E-state index contributed by atoms with van der Waals surface area (Å²) in [7, 11) is 1.75. The van der Waals surface area contributed by atoms with E-state index < -0.39 is 0 Å². The first kappa shape index (κ1) is 19.6. The molecule has 2 amide bonds. The van der Waals surface area contributed by atoms with Gasteiger partial charge in [-0.2, -0.15) is 0 Å². The molecule has 0 unspecified atom stereocenters. The molecular weight excluding hydrogens is 372 g/mol. The van der Waals surface area contributed by atoms with Crippen molar-refractivity contribution < 1.29 is 9.59 Å². The number of amides is 2. The number of hydrogen-bond donors (Lipinski definition) is 1. The van der Waals surface area contributed by atoms with E-state index in [1.807, 2.05) is 42.5 Å². The molecule has 3 aromatic rings. The maximum atomic E-state index is 12.7. The van der Waals surface area contributed by atoms with E-state index in [0.29, 0.717) is 29.2 Å². The monoisotopic (exact) mass is 392 g/mol. The number of carbonyl (C=O) groups excluding carboxylic acids is 2. The summed E-state index contributed by atoms with van der Waals surface area (Å²) in [6, 6.07) is 23.8. The summed E-state index contributed by atoms with van der Waals surface area (Å²) < 4.78 is 0. The summed E-state index contributed by atoms with van der Waals surface area (Å²) in [5.74, 6) is -0.355. The lowest BCUT2D eigenvalue weighted by molar-refractivity contribution is 0.0785. The van der Waals surface area contributed by atoms with Gasteiger partial charge in [0.2, 0.25) is 0 Å². The smallest absolute Gasteiger partial charge is 0.253 e. The Morgan fingerprint density at radius 1 is 0.857 bits per heavy atom. The number of nitrogens with zero attached hydrogens (tertiary/aromatic N) is 1. The highest BCUT2D eigenvalue weighted by atomic mass is 35.5. The van der Waals surface area contributed by atoms with Crippen molar-refractivity contribution in [2.75, 3.05) is 7.05 Å². The fraction of sp³-hybridized carbons (Fsp3) is 0.130. The van der Waals surface area contributed by atoms with Gasteiger partial charge in [-0.05, 0) is 41.5 Å². The van der Waals surface area contributed by atoms with Gasteiger partial charge in [-0.1, -0.05) is 60.1 Å². The molecule has 3 rings (SSSR count). The molecule has 0 aliphatic heterocycles. The van der Waals surface area contributed by atoms with Crippen LogP contribution in [0.25, 0.3) is 0 Å². The lowest BCUT2D eigenvalue weighted by Crippen LogP contribution is -2.27. The second-order valence-electron chi connectivity index (χ2n) is 6.54. The van der Waals surface area contributed by atoms with Crippen LogP contribution in [0.3, 0.4) is 0 Å². The van der Waals surface area contributed by atoms with Crippen molar-refractivity contribution in [2.24, 2.45) is 0 Å². The fourth-order valence-electron chi connectivity index (χ4n) is 2.83. The third-order valence-corrected chi connectivity index (χ3v) is 4.60. The molecule has 0 atom stereocenters. The quantitative estimate of drug-likeness (QED) is 0.669. The van der Waals surface area contributed by atoms with Crippen LogP contribution in [-0.4, -0.2) is 23.8 Å². The van der Waals surface area contributed by atoms with E-state index in [1.54, 1.807) is 48.3 Å². The van der Waals surface area contributed by atoms with Crippen molar-refractivity contribution in [1.29, 1.82) is 0 Å². The zero-order valence-corrected chi connectivity index (χ0v) is 16.3. The highest BCUT2D eigenvalue weighted by molar-refractivity contribution is 6.30. The minimum Gasteiger partial charge on any atom is -0.348 e. The van der Waals surface area contributed by atoms with E-state index in [2.05, 4.69) is 5.32 Å². The van der Waals surface area contributed by atoms with Crippen molar-refractivity contribution in [3.63, 3.8) is 0 Å². The molecule has 3 aromatic carbocycles. The molecule has 1 N–H and O–H groups in total. The molecule has 4 nitrogen and oxygen atoms in total. The molecule has 0 radical (unpaired) electrons. The predicted octanol–water partition coefficient (Wildman–Crippen LogP) is 4.54. The zero-order chi connectivity index (χ0) is 19.9. The standard InChI is InChI=1S/C23H21ClN2O2/c1-26(16-18-6-3-2-4-7-18)23(28)20-9-5-8-19(14-20)22(27)25-15-17-10-12-21(24)13-11-17/h2-14H,15-16H2,1H3,(H,25,27). The zero-order valence-electron chi connectivity index (χ0n) is 15.6. The van der Waals surface area contributed by atoms with Crippen LogP contribution in [-0.2, 0) is 13.1 Å². The van der Waals surface area contributed by atoms with Gasteiger partial charge in [-0.15, -0.1) is 0 Å². The number of halogens is 1. The van der Waals surface area contributed by atoms with Gasteiger partial charge < -0.3 is 10.2 Å². The number of nitrogens with one attached hydrogen (secondary N) is 1. The van der Waals surface area contributed by atoms with Gasteiger partial charge in [0.15, 0.2) is 0 Å². The van der Waals surface area contributed by atoms with E-state index in [0.717, 1.165) is 11.1 Å². The Bertz CT molecular complexity index is 956. The maximum Gasteiger partial charge on any atom is 0.253 e. The van der Waals surface area contributed by atoms with Gasteiger partial charge in [-0.3, -0.25) is 9.59 Å². The van der Waals surface area contributed by atoms with E-state index in [9.17, 15) is 9.59 Å². The lowest BCUT2D eigenvalue weighted by Gasteiger charge is -2.17. The van der Waals surface area contributed by atoms with Gasteiger partial charge >= 0.3 is 0 Å². The second kappa shape index (κ2) is 9.20. The Morgan fingerprint density at radius 2 is 1.54 bits per heavy atom. The first-order valence-corrected chi connectivity index (χ1v) is 9.33. The molecule has 0 aliphatic carbocycles. The van der Waals surface area contributed by atoms with Crippen LogP contribution in [0, 0.1) is 0 Å². The predicted molar refractivity (Wildman–Crippen MR) is 111 cm³/mol. The van der Waals surface area contributed by atoms with Crippen molar-refractivity contribution in [3.05, 3.63) is 106 Å². The third-order valence-electron chi connectivity index (χ3n) is 4.35. The van der Waals surface area contributed by atoms with Crippen LogP contribution in [0.4, 0.5) is 0 Å². The minimum atomic E-state index is -0.227. The summed E-state index contributed by atoms with van der Waals surface area (Å²) >= 11 is 5.87. The molecule has 0 spiro atoms. The van der Waals surface area contributed by atoms with Crippen LogP contribution in [0.5, 0.6) is 0 Å². The molecule has 0 bridgehead atoms. The van der Waals surface area contributed by atoms with Crippen LogP contribution in [0.1, 0.15) is 31.8 Å². The van der Waals surface area contributed by atoms with Crippen molar-refractivity contribution in [1.82, 2.24) is 10.2 Å². The Labute approximate surface area is 169 Å². The minimum absolute atomic E-state index is 0.129. The molecule has 0 aromatic heterocycles. The first-order chi connectivity index (χ1) is 13.5. The SMILES string of the molecule is CN(Cc1ccccc1)C(=O)c1cccc(C(=O)NCc2ccc(Cl)cc2)c1. The lowest BCUT2D eigenvalue weighted by atomic mass is 10.1. The number of hydrogen-bond acceptors (Lipinski definition) is 2. The summed E-state index contributed by atoms with van der Waals surface area (Å²) in [5, 5.41) is 3.52. The molecule has 142 valence electrons. The van der Waals surface area contributed by atoms with E-state index in [-0.39, 0.29) is 11.8 Å². The van der Waals surface area contributed by atoms with Crippen molar-refractivity contribution in [3.8, 4) is 0 Å². The molecule has 0 fully saturated rings. The van der Waals surface area contributed by atoms with Crippen molar-refractivity contribution in [2.45, 2.75) is 13.1 Å². The van der Waals surface area contributed by atoms with Gasteiger partial charge in [0.1, 0.15) is 0 Å². The first-order valence-electron chi connectivity index (χ1n) is 8.95. The average Bonchev–Trinajstić information content (AvgIpc) is 2.73. The molecule has 28 heavy (non-hydrogen) atoms.